The van der Waals surface area contributed by atoms with Gasteiger partial charge in [-0.1, -0.05) is 115 Å². The number of amides is 2. The molecule has 2 aliphatic rings. The van der Waals surface area contributed by atoms with E-state index in [0.29, 0.717) is 18.0 Å². The van der Waals surface area contributed by atoms with Crippen LogP contribution in [-0.4, -0.2) is 59.8 Å². The van der Waals surface area contributed by atoms with E-state index in [-0.39, 0.29) is 24.8 Å². The molecule has 6 aromatic rings. The van der Waals surface area contributed by atoms with Gasteiger partial charge in [0.05, 0.1) is 18.8 Å². The van der Waals surface area contributed by atoms with Crippen LogP contribution in [0.1, 0.15) is 46.6 Å². The molecule has 2 heterocycles. The van der Waals surface area contributed by atoms with Crippen LogP contribution in [0.4, 0.5) is 10.5 Å². The number of carbonyl (C=O) groups is 1. The standard InChI is InChI=1S/C49H50N4O5/c54-35-37-14-16-40(17-15-37)47-31-46(34-53-28-26-52(27-29-53)33-36-8-3-1-4-9-36)57-48(58-47)41-20-18-39(19-21-41)42-11-7-10-38(30-42)32-50-49(55)51-43-22-24-45(25-23-43)56-44-12-5-2-6-13-44/h1-25,30,46-48,54H,26-29,31-35H2,(H2,50,51,55)/t46-,47+,48+/m1/s1. The van der Waals surface area contributed by atoms with E-state index in [9.17, 15) is 9.90 Å². The predicted molar refractivity (Wildman–Crippen MR) is 227 cm³/mol. The zero-order valence-corrected chi connectivity index (χ0v) is 32.6. The number of ether oxygens (including phenoxy) is 3. The van der Waals surface area contributed by atoms with Gasteiger partial charge in [0.15, 0.2) is 6.29 Å². The summed E-state index contributed by atoms with van der Waals surface area (Å²) in [6, 6.07) is 51.9. The van der Waals surface area contributed by atoms with Gasteiger partial charge in [-0.2, -0.15) is 0 Å². The first-order valence-corrected chi connectivity index (χ1v) is 20.1. The number of piperazine rings is 1. The van der Waals surface area contributed by atoms with Crippen LogP contribution < -0.4 is 15.4 Å². The molecule has 2 saturated heterocycles. The smallest absolute Gasteiger partial charge is 0.319 e. The summed E-state index contributed by atoms with van der Waals surface area (Å²) in [5.74, 6) is 1.45. The van der Waals surface area contributed by atoms with Crippen molar-refractivity contribution in [3.8, 4) is 22.6 Å². The highest BCUT2D eigenvalue weighted by atomic mass is 16.7. The van der Waals surface area contributed by atoms with E-state index in [1.165, 1.54) is 5.56 Å². The van der Waals surface area contributed by atoms with E-state index in [1.807, 2.05) is 78.9 Å². The van der Waals surface area contributed by atoms with Gasteiger partial charge < -0.3 is 30.0 Å². The quantitative estimate of drug-likeness (QED) is 0.108. The minimum Gasteiger partial charge on any atom is -0.457 e. The van der Waals surface area contributed by atoms with Crippen LogP contribution in [0.3, 0.4) is 0 Å². The first kappa shape index (κ1) is 39.0. The maximum Gasteiger partial charge on any atom is 0.319 e. The fourth-order valence-corrected chi connectivity index (χ4v) is 7.57. The van der Waals surface area contributed by atoms with Crippen molar-refractivity contribution in [1.29, 1.82) is 0 Å². The monoisotopic (exact) mass is 774 g/mol. The second-order valence-corrected chi connectivity index (χ2v) is 15.0. The third-order valence-electron chi connectivity index (χ3n) is 10.8. The van der Waals surface area contributed by atoms with Crippen molar-refractivity contribution < 1.29 is 24.1 Å². The molecule has 6 aromatic carbocycles. The fraction of sp³-hybridized carbons (Fsp3) is 0.245. The highest BCUT2D eigenvalue weighted by Gasteiger charge is 2.34. The third-order valence-corrected chi connectivity index (χ3v) is 10.8. The molecule has 8 rings (SSSR count). The van der Waals surface area contributed by atoms with Crippen molar-refractivity contribution in [3.05, 3.63) is 186 Å². The number of benzene rings is 6. The topological polar surface area (TPSA) is 95.5 Å². The molecule has 2 amide bonds. The molecular weight excluding hydrogens is 725 g/mol. The maximum atomic E-state index is 12.8. The number of para-hydroxylation sites is 1. The summed E-state index contributed by atoms with van der Waals surface area (Å²) in [7, 11) is 0. The number of aliphatic hydroxyl groups is 1. The molecule has 0 spiro atoms. The predicted octanol–water partition coefficient (Wildman–Crippen LogP) is 9.32. The Hall–Kier alpha value is -5.81. The fourth-order valence-electron chi connectivity index (χ4n) is 7.57. The Bertz CT molecular complexity index is 2190. The lowest BCUT2D eigenvalue weighted by molar-refractivity contribution is -0.253. The van der Waals surface area contributed by atoms with Crippen molar-refractivity contribution in [1.82, 2.24) is 15.1 Å². The minimum absolute atomic E-state index is 0.00369. The van der Waals surface area contributed by atoms with E-state index in [4.69, 9.17) is 14.2 Å². The zero-order valence-electron chi connectivity index (χ0n) is 32.6. The second kappa shape index (κ2) is 19.1. The molecule has 0 aliphatic carbocycles. The van der Waals surface area contributed by atoms with Crippen molar-refractivity contribution in [2.75, 3.05) is 38.0 Å². The number of nitrogens with one attached hydrogen (secondary N) is 2. The maximum absolute atomic E-state index is 12.8. The highest BCUT2D eigenvalue weighted by molar-refractivity contribution is 5.89. The van der Waals surface area contributed by atoms with Gasteiger partial charge in [-0.05, 0) is 75.8 Å². The Morgan fingerprint density at radius 3 is 2.02 bits per heavy atom. The number of anilines is 1. The van der Waals surface area contributed by atoms with Crippen LogP contribution >= 0.6 is 0 Å². The van der Waals surface area contributed by atoms with Gasteiger partial charge >= 0.3 is 6.03 Å². The van der Waals surface area contributed by atoms with Gasteiger partial charge in [0.1, 0.15) is 11.5 Å². The van der Waals surface area contributed by atoms with Crippen molar-refractivity contribution >= 4 is 11.7 Å². The Kier molecular flexibility index (Phi) is 12.8. The average Bonchev–Trinajstić information content (AvgIpc) is 3.28. The molecule has 9 nitrogen and oxygen atoms in total. The van der Waals surface area contributed by atoms with E-state index < -0.39 is 6.29 Å². The lowest BCUT2D eigenvalue weighted by Crippen LogP contribution is -2.49. The highest BCUT2D eigenvalue weighted by Crippen LogP contribution is 2.39. The van der Waals surface area contributed by atoms with Gasteiger partial charge in [0.2, 0.25) is 0 Å². The summed E-state index contributed by atoms with van der Waals surface area (Å²) < 4.78 is 19.2. The molecule has 3 N–H and O–H groups in total. The first-order valence-electron chi connectivity index (χ1n) is 20.1. The molecule has 0 aromatic heterocycles. The SMILES string of the molecule is O=C(NCc1cccc(-c2ccc([C@H]3O[C@@H](CN4CCN(Cc5ccccc5)CC4)C[C@@H](c4ccc(CO)cc4)O3)cc2)c1)Nc1ccc(Oc2ccccc2)cc1. The molecule has 0 saturated carbocycles. The number of hydrogen-bond donors (Lipinski definition) is 3. The molecule has 58 heavy (non-hydrogen) atoms. The summed E-state index contributed by atoms with van der Waals surface area (Å²) in [4.78, 5) is 17.8. The molecule has 3 atom stereocenters. The second-order valence-electron chi connectivity index (χ2n) is 15.0. The number of hydrogen-bond acceptors (Lipinski definition) is 7. The molecule has 0 bridgehead atoms. The largest absolute Gasteiger partial charge is 0.457 e. The molecule has 2 fully saturated rings. The zero-order chi connectivity index (χ0) is 39.5. The van der Waals surface area contributed by atoms with Gasteiger partial charge in [-0.15, -0.1) is 0 Å². The normalized spacial score (nSPS) is 18.7. The number of aliphatic hydroxyl groups excluding tert-OH is 1. The third kappa shape index (κ3) is 10.6. The summed E-state index contributed by atoms with van der Waals surface area (Å²) in [5.41, 5.74) is 8.06. The van der Waals surface area contributed by atoms with Crippen molar-refractivity contribution in [2.24, 2.45) is 0 Å². The van der Waals surface area contributed by atoms with Crippen LogP contribution in [0.5, 0.6) is 11.5 Å². The summed E-state index contributed by atoms with van der Waals surface area (Å²) in [6.07, 6.45) is 0.101. The Balaban J connectivity index is 0.875. The summed E-state index contributed by atoms with van der Waals surface area (Å²) >= 11 is 0. The van der Waals surface area contributed by atoms with Gasteiger partial charge in [0.25, 0.3) is 0 Å². The Morgan fingerprint density at radius 2 is 1.29 bits per heavy atom. The number of urea groups is 1. The van der Waals surface area contributed by atoms with E-state index >= 15 is 0 Å². The molecule has 9 heteroatoms. The molecular formula is C49H50N4O5. The van der Waals surface area contributed by atoms with Gasteiger partial charge in [-0.3, -0.25) is 9.80 Å². The average molecular weight is 775 g/mol. The molecule has 2 aliphatic heterocycles. The number of nitrogens with zero attached hydrogens (tertiary/aromatic N) is 2. The Labute approximate surface area is 340 Å². The van der Waals surface area contributed by atoms with Crippen molar-refractivity contribution in [2.45, 2.75) is 44.6 Å². The minimum atomic E-state index is -0.517. The van der Waals surface area contributed by atoms with E-state index in [0.717, 1.165) is 84.8 Å². The van der Waals surface area contributed by atoms with Crippen molar-refractivity contribution in [3.63, 3.8) is 0 Å². The number of carbonyl (C=O) groups excluding carboxylic acids is 1. The molecule has 0 unspecified atom stereocenters. The van der Waals surface area contributed by atoms with Crippen LogP contribution in [0.25, 0.3) is 11.1 Å². The van der Waals surface area contributed by atoms with Gasteiger partial charge in [0, 0.05) is 63.5 Å². The lowest BCUT2D eigenvalue weighted by Gasteiger charge is -2.40. The van der Waals surface area contributed by atoms with Crippen LogP contribution in [0, 0.1) is 0 Å². The lowest BCUT2D eigenvalue weighted by atomic mass is 9.98. The van der Waals surface area contributed by atoms with Crippen LogP contribution in [0.2, 0.25) is 0 Å². The molecule has 0 radical (unpaired) electrons. The van der Waals surface area contributed by atoms with E-state index in [1.54, 1.807) is 0 Å². The number of rotatable bonds is 13. The summed E-state index contributed by atoms with van der Waals surface area (Å²) in [6.45, 7) is 6.27. The van der Waals surface area contributed by atoms with Gasteiger partial charge in [-0.25, -0.2) is 4.79 Å². The Morgan fingerprint density at radius 1 is 0.638 bits per heavy atom. The first-order chi connectivity index (χ1) is 28.5. The molecule has 296 valence electrons. The van der Waals surface area contributed by atoms with Crippen LogP contribution in [-0.2, 0) is 29.2 Å². The van der Waals surface area contributed by atoms with Crippen LogP contribution in [0.15, 0.2) is 158 Å². The summed E-state index contributed by atoms with van der Waals surface area (Å²) in [5, 5.41) is 15.5. The van der Waals surface area contributed by atoms with E-state index in [2.05, 4.69) is 99.3 Å².